The molecule has 1 aromatic carbocycles. The lowest BCUT2D eigenvalue weighted by molar-refractivity contribution is -0.121. The fourth-order valence-corrected chi connectivity index (χ4v) is 3.49. The zero-order valence-electron chi connectivity index (χ0n) is 12.3. The molecule has 116 valence electrons. The van der Waals surface area contributed by atoms with Crippen LogP contribution in [0.2, 0.25) is 0 Å². The van der Waals surface area contributed by atoms with Crippen LogP contribution in [0.15, 0.2) is 29.2 Å². The molecule has 0 aromatic heterocycles. The van der Waals surface area contributed by atoms with Gasteiger partial charge in [-0.3, -0.25) is 10.2 Å². The molecule has 1 saturated carbocycles. The minimum Gasteiger partial charge on any atom is -0.278 e. The monoisotopic (exact) mass is 310 g/mol. The molecular formula is C15H22N2O3S. The Morgan fingerprint density at radius 1 is 1.14 bits per heavy atom. The van der Waals surface area contributed by atoms with Crippen LogP contribution in [-0.2, 0) is 14.8 Å². The number of rotatable bonds is 5. The molecule has 21 heavy (non-hydrogen) atoms. The van der Waals surface area contributed by atoms with Gasteiger partial charge in [0.05, 0.1) is 4.90 Å². The van der Waals surface area contributed by atoms with Crippen molar-refractivity contribution < 1.29 is 13.2 Å². The second-order valence-corrected chi connectivity index (χ2v) is 7.09. The molecule has 0 bridgehead atoms. The van der Waals surface area contributed by atoms with Crippen LogP contribution in [-0.4, -0.2) is 14.3 Å². The van der Waals surface area contributed by atoms with Crippen molar-refractivity contribution in [2.45, 2.75) is 56.3 Å². The standard InChI is InChI=1S/C15H22N2O3S/c1-2-15(18)16-17-21(19,20)14-10-8-13(9-11-14)12-6-4-3-5-7-12/h8-12,17H,2-7H2,1H3,(H,16,18). The lowest BCUT2D eigenvalue weighted by atomic mass is 9.84. The predicted molar refractivity (Wildman–Crippen MR) is 81.0 cm³/mol. The highest BCUT2D eigenvalue weighted by Gasteiger charge is 2.18. The maximum atomic E-state index is 12.0. The highest BCUT2D eigenvalue weighted by atomic mass is 32.2. The van der Waals surface area contributed by atoms with Crippen LogP contribution in [0.1, 0.15) is 56.9 Å². The van der Waals surface area contributed by atoms with E-state index in [0.29, 0.717) is 5.92 Å². The van der Waals surface area contributed by atoms with Gasteiger partial charge in [0, 0.05) is 6.42 Å². The topological polar surface area (TPSA) is 75.3 Å². The van der Waals surface area contributed by atoms with Crippen LogP contribution in [0.25, 0.3) is 0 Å². The molecule has 0 radical (unpaired) electrons. The Kier molecular flexibility index (Phi) is 5.36. The summed E-state index contributed by atoms with van der Waals surface area (Å²) in [7, 11) is -3.69. The fraction of sp³-hybridized carbons (Fsp3) is 0.533. The van der Waals surface area contributed by atoms with E-state index in [-0.39, 0.29) is 17.2 Å². The molecule has 2 rings (SSSR count). The molecule has 6 heteroatoms. The summed E-state index contributed by atoms with van der Waals surface area (Å²) in [6, 6.07) is 6.97. The van der Waals surface area contributed by atoms with Crippen LogP contribution in [0.4, 0.5) is 0 Å². The molecule has 1 aromatic rings. The molecule has 1 aliphatic carbocycles. The fourth-order valence-electron chi connectivity index (χ4n) is 2.63. The number of nitrogens with one attached hydrogen (secondary N) is 2. The number of hydrogen-bond donors (Lipinski definition) is 2. The van der Waals surface area contributed by atoms with Gasteiger partial charge in [-0.1, -0.05) is 38.3 Å². The first-order chi connectivity index (χ1) is 10.0. The minimum absolute atomic E-state index is 0.165. The summed E-state index contributed by atoms with van der Waals surface area (Å²) < 4.78 is 24.0. The summed E-state index contributed by atoms with van der Waals surface area (Å²) in [4.78, 5) is 13.4. The highest BCUT2D eigenvalue weighted by molar-refractivity contribution is 7.89. The Morgan fingerprint density at radius 3 is 2.33 bits per heavy atom. The molecule has 0 heterocycles. The lowest BCUT2D eigenvalue weighted by Gasteiger charge is -2.22. The Morgan fingerprint density at radius 2 is 1.76 bits per heavy atom. The first-order valence-electron chi connectivity index (χ1n) is 7.43. The Bertz CT molecular complexity index is 575. The van der Waals surface area contributed by atoms with Crippen LogP contribution in [0.5, 0.6) is 0 Å². The van der Waals surface area contributed by atoms with E-state index in [1.807, 2.05) is 12.1 Å². The van der Waals surface area contributed by atoms with Crippen LogP contribution >= 0.6 is 0 Å². The second-order valence-electron chi connectivity index (χ2n) is 5.41. The normalized spacial score (nSPS) is 16.6. The van der Waals surface area contributed by atoms with Crippen molar-refractivity contribution in [3.63, 3.8) is 0 Å². The first-order valence-corrected chi connectivity index (χ1v) is 8.92. The number of hydrogen-bond acceptors (Lipinski definition) is 3. The molecule has 0 aliphatic heterocycles. The van der Waals surface area contributed by atoms with Crippen molar-refractivity contribution in [2.24, 2.45) is 0 Å². The Balaban J connectivity index is 2.05. The number of amides is 1. The molecule has 1 amide bonds. The summed E-state index contributed by atoms with van der Waals surface area (Å²) in [5, 5.41) is 0. The zero-order valence-corrected chi connectivity index (χ0v) is 13.1. The highest BCUT2D eigenvalue weighted by Crippen LogP contribution is 2.32. The van der Waals surface area contributed by atoms with Crippen molar-refractivity contribution in [3.8, 4) is 0 Å². The van der Waals surface area contributed by atoms with Gasteiger partial charge in [-0.15, -0.1) is 4.83 Å². The molecule has 0 unspecified atom stereocenters. The summed E-state index contributed by atoms with van der Waals surface area (Å²) in [6.45, 7) is 1.66. The van der Waals surface area contributed by atoms with E-state index >= 15 is 0 Å². The molecule has 2 N–H and O–H groups in total. The average Bonchev–Trinajstić information content (AvgIpc) is 2.53. The van der Waals surface area contributed by atoms with Gasteiger partial charge in [-0.2, -0.15) is 0 Å². The number of carbonyl (C=O) groups is 1. The number of carbonyl (C=O) groups excluding carboxylic acids is 1. The Labute approximate surface area is 126 Å². The van der Waals surface area contributed by atoms with Gasteiger partial charge in [0.1, 0.15) is 0 Å². The molecule has 0 spiro atoms. The van der Waals surface area contributed by atoms with Gasteiger partial charge >= 0.3 is 0 Å². The van der Waals surface area contributed by atoms with Crippen molar-refractivity contribution in [2.75, 3.05) is 0 Å². The van der Waals surface area contributed by atoms with E-state index in [0.717, 1.165) is 0 Å². The third-order valence-corrected chi connectivity index (χ3v) is 5.18. The van der Waals surface area contributed by atoms with E-state index in [1.165, 1.54) is 37.7 Å². The van der Waals surface area contributed by atoms with Gasteiger partial charge in [-0.05, 0) is 36.5 Å². The summed E-state index contributed by atoms with van der Waals surface area (Å²) >= 11 is 0. The number of hydrazine groups is 1. The van der Waals surface area contributed by atoms with Crippen molar-refractivity contribution in [1.82, 2.24) is 10.3 Å². The van der Waals surface area contributed by atoms with Gasteiger partial charge in [0.15, 0.2) is 0 Å². The molecule has 1 fully saturated rings. The summed E-state index contributed by atoms with van der Waals surface area (Å²) in [5.74, 6) is 0.181. The first kappa shape index (κ1) is 16.0. The van der Waals surface area contributed by atoms with Crippen molar-refractivity contribution in [1.29, 1.82) is 0 Å². The number of benzene rings is 1. The van der Waals surface area contributed by atoms with Gasteiger partial charge in [-0.25, -0.2) is 8.42 Å². The van der Waals surface area contributed by atoms with Gasteiger partial charge < -0.3 is 0 Å². The number of sulfonamides is 1. The third kappa shape index (κ3) is 4.28. The molecule has 0 atom stereocenters. The minimum atomic E-state index is -3.69. The SMILES string of the molecule is CCC(=O)NNS(=O)(=O)c1ccc(C2CCCCC2)cc1. The van der Waals surface area contributed by atoms with E-state index in [9.17, 15) is 13.2 Å². The largest absolute Gasteiger partial charge is 0.278 e. The van der Waals surface area contributed by atoms with Crippen molar-refractivity contribution in [3.05, 3.63) is 29.8 Å². The zero-order chi connectivity index (χ0) is 15.3. The molecule has 1 aliphatic rings. The molecule has 5 nitrogen and oxygen atoms in total. The van der Waals surface area contributed by atoms with Crippen LogP contribution in [0, 0.1) is 0 Å². The van der Waals surface area contributed by atoms with E-state index in [1.54, 1.807) is 19.1 Å². The van der Waals surface area contributed by atoms with E-state index in [4.69, 9.17) is 0 Å². The molecule has 0 saturated heterocycles. The average molecular weight is 310 g/mol. The van der Waals surface area contributed by atoms with Crippen molar-refractivity contribution >= 4 is 15.9 Å². The van der Waals surface area contributed by atoms with Crippen LogP contribution < -0.4 is 10.3 Å². The summed E-state index contributed by atoms with van der Waals surface area (Å²) in [6.07, 6.45) is 6.37. The predicted octanol–water partition coefficient (Wildman–Crippen LogP) is 2.45. The quantitative estimate of drug-likeness (QED) is 0.820. The summed E-state index contributed by atoms with van der Waals surface area (Å²) in [5.41, 5.74) is 3.37. The van der Waals surface area contributed by atoms with E-state index < -0.39 is 10.0 Å². The van der Waals surface area contributed by atoms with Gasteiger partial charge in [0.25, 0.3) is 10.0 Å². The smallest absolute Gasteiger partial charge is 0.257 e. The maximum Gasteiger partial charge on any atom is 0.257 e. The van der Waals surface area contributed by atoms with Gasteiger partial charge in [0.2, 0.25) is 5.91 Å². The van der Waals surface area contributed by atoms with E-state index in [2.05, 4.69) is 10.3 Å². The molecular weight excluding hydrogens is 288 g/mol. The third-order valence-electron chi connectivity index (χ3n) is 3.91. The second kappa shape index (κ2) is 7.04. The van der Waals surface area contributed by atoms with Crippen LogP contribution in [0.3, 0.4) is 0 Å². The lowest BCUT2D eigenvalue weighted by Crippen LogP contribution is -2.41. The maximum absolute atomic E-state index is 12.0. The Hall–Kier alpha value is -1.40.